The quantitative estimate of drug-likeness (QED) is 0.655. The van der Waals surface area contributed by atoms with Crippen molar-refractivity contribution in [1.29, 1.82) is 0 Å². The largest absolute Gasteiger partial charge is 0.423 e. The number of likely N-dealkylation sites (N-methyl/N-ethyl adjacent to an activating group) is 1. The van der Waals surface area contributed by atoms with Crippen molar-refractivity contribution < 1.29 is 14.6 Å². The molecule has 0 aliphatic heterocycles. The SMILES string of the molecule is Cc1cc2oc(=O)cc(C[NH2+]C[C@H](c3cccs3)[NH+](C)C)c2cc1C. The third-order valence-electron chi connectivity index (χ3n) is 4.79. The molecule has 0 fully saturated rings. The molecule has 25 heavy (non-hydrogen) atoms. The van der Waals surface area contributed by atoms with Gasteiger partial charge in [0.05, 0.1) is 19.0 Å². The molecule has 4 nitrogen and oxygen atoms in total. The number of rotatable bonds is 6. The van der Waals surface area contributed by atoms with Crippen molar-refractivity contribution in [3.05, 3.63) is 67.7 Å². The van der Waals surface area contributed by atoms with E-state index in [4.69, 9.17) is 4.42 Å². The first-order valence-electron chi connectivity index (χ1n) is 8.65. The third kappa shape index (κ3) is 4.00. The molecule has 0 saturated carbocycles. The monoisotopic (exact) mass is 358 g/mol. The zero-order valence-electron chi connectivity index (χ0n) is 15.3. The van der Waals surface area contributed by atoms with Gasteiger partial charge in [-0.1, -0.05) is 6.07 Å². The van der Waals surface area contributed by atoms with E-state index in [9.17, 15) is 4.79 Å². The molecule has 3 N–H and O–H groups in total. The molecule has 0 radical (unpaired) electrons. The van der Waals surface area contributed by atoms with Crippen LogP contribution < -0.4 is 15.8 Å². The minimum absolute atomic E-state index is 0.271. The highest BCUT2D eigenvalue weighted by Gasteiger charge is 2.21. The van der Waals surface area contributed by atoms with Crippen LogP contribution in [-0.2, 0) is 6.54 Å². The van der Waals surface area contributed by atoms with E-state index in [1.54, 1.807) is 6.07 Å². The number of fused-ring (bicyclic) bond motifs is 1. The highest BCUT2D eigenvalue weighted by atomic mass is 32.1. The molecular formula is C20H26N2O2S+2. The zero-order valence-corrected chi connectivity index (χ0v) is 16.1. The van der Waals surface area contributed by atoms with Crippen LogP contribution in [0.4, 0.5) is 0 Å². The Labute approximate surface area is 152 Å². The first-order valence-corrected chi connectivity index (χ1v) is 9.52. The van der Waals surface area contributed by atoms with E-state index in [1.807, 2.05) is 24.3 Å². The molecule has 0 aliphatic carbocycles. The van der Waals surface area contributed by atoms with Gasteiger partial charge in [-0.2, -0.15) is 0 Å². The third-order valence-corrected chi connectivity index (χ3v) is 5.78. The van der Waals surface area contributed by atoms with Crippen molar-refractivity contribution in [2.24, 2.45) is 0 Å². The molecule has 3 aromatic rings. The van der Waals surface area contributed by atoms with Gasteiger partial charge >= 0.3 is 5.63 Å². The summed E-state index contributed by atoms with van der Waals surface area (Å²) in [5.74, 6) is 0. The molecule has 0 saturated heterocycles. The average molecular weight is 359 g/mol. The van der Waals surface area contributed by atoms with Crippen molar-refractivity contribution in [1.82, 2.24) is 0 Å². The highest BCUT2D eigenvalue weighted by Crippen LogP contribution is 2.21. The molecule has 1 atom stereocenters. The lowest BCUT2D eigenvalue weighted by Crippen LogP contribution is -3.09. The minimum Gasteiger partial charge on any atom is -0.423 e. The van der Waals surface area contributed by atoms with Gasteiger partial charge in [-0.05, 0) is 48.6 Å². The summed E-state index contributed by atoms with van der Waals surface area (Å²) in [5.41, 5.74) is 3.83. The number of nitrogens with one attached hydrogen (secondary N) is 1. The van der Waals surface area contributed by atoms with Crippen LogP contribution in [0.3, 0.4) is 0 Å². The lowest BCUT2D eigenvalue weighted by Gasteiger charge is -2.19. The number of hydrogen-bond acceptors (Lipinski definition) is 3. The fraction of sp³-hybridized carbons (Fsp3) is 0.350. The summed E-state index contributed by atoms with van der Waals surface area (Å²) in [5, 5.41) is 5.47. The summed E-state index contributed by atoms with van der Waals surface area (Å²) < 4.78 is 5.39. The van der Waals surface area contributed by atoms with E-state index in [1.165, 1.54) is 15.3 Å². The van der Waals surface area contributed by atoms with Crippen LogP contribution in [0.25, 0.3) is 11.0 Å². The Morgan fingerprint density at radius 1 is 1.20 bits per heavy atom. The molecule has 5 heteroatoms. The van der Waals surface area contributed by atoms with Crippen LogP contribution >= 0.6 is 11.3 Å². The molecule has 0 spiro atoms. The summed E-state index contributed by atoms with van der Waals surface area (Å²) >= 11 is 1.81. The van der Waals surface area contributed by atoms with Crippen molar-refractivity contribution in [3.63, 3.8) is 0 Å². The predicted molar refractivity (Wildman–Crippen MR) is 102 cm³/mol. The summed E-state index contributed by atoms with van der Waals surface area (Å²) in [6.07, 6.45) is 0. The van der Waals surface area contributed by atoms with Gasteiger partial charge in [-0.25, -0.2) is 4.79 Å². The molecule has 0 amide bonds. The van der Waals surface area contributed by atoms with E-state index < -0.39 is 0 Å². The van der Waals surface area contributed by atoms with Crippen molar-refractivity contribution in [2.75, 3.05) is 20.6 Å². The minimum atomic E-state index is -0.271. The highest BCUT2D eigenvalue weighted by molar-refractivity contribution is 7.10. The maximum atomic E-state index is 11.9. The van der Waals surface area contributed by atoms with Crippen molar-refractivity contribution in [3.8, 4) is 0 Å². The fourth-order valence-electron chi connectivity index (χ4n) is 3.18. The van der Waals surface area contributed by atoms with E-state index >= 15 is 0 Å². The number of thiophene rings is 1. The molecule has 132 valence electrons. The first-order chi connectivity index (χ1) is 12.0. The molecule has 0 aliphatic rings. The molecule has 3 rings (SSSR count). The van der Waals surface area contributed by atoms with Crippen LogP contribution in [0.5, 0.6) is 0 Å². The number of nitrogens with two attached hydrogens (primary N) is 1. The van der Waals surface area contributed by atoms with Gasteiger partial charge in [0.2, 0.25) is 0 Å². The van der Waals surface area contributed by atoms with Crippen molar-refractivity contribution in [2.45, 2.75) is 26.4 Å². The maximum Gasteiger partial charge on any atom is 0.336 e. The lowest BCUT2D eigenvalue weighted by molar-refractivity contribution is -0.910. The Bertz CT molecular complexity index is 913. The average Bonchev–Trinajstić information content (AvgIpc) is 3.06. The second-order valence-electron chi connectivity index (χ2n) is 6.90. The Morgan fingerprint density at radius 3 is 2.64 bits per heavy atom. The summed E-state index contributed by atoms with van der Waals surface area (Å²) in [7, 11) is 4.38. The van der Waals surface area contributed by atoms with E-state index in [0.29, 0.717) is 11.6 Å². The molecule has 0 unspecified atom stereocenters. The van der Waals surface area contributed by atoms with Gasteiger partial charge < -0.3 is 14.6 Å². The van der Waals surface area contributed by atoms with Gasteiger partial charge in [-0.3, -0.25) is 0 Å². The summed E-state index contributed by atoms with van der Waals surface area (Å²) in [4.78, 5) is 14.7. The van der Waals surface area contributed by atoms with Crippen LogP contribution in [0.15, 0.2) is 44.9 Å². The first kappa shape index (κ1) is 17.9. The van der Waals surface area contributed by atoms with E-state index in [2.05, 4.69) is 49.9 Å². The fourth-order valence-corrected chi connectivity index (χ4v) is 4.15. The number of quaternary nitrogens is 2. The van der Waals surface area contributed by atoms with E-state index in [0.717, 1.165) is 29.6 Å². The molecule has 2 heterocycles. The second kappa shape index (κ2) is 7.52. The van der Waals surface area contributed by atoms with E-state index in [-0.39, 0.29) is 5.63 Å². The standard InChI is InChI=1S/C20H24N2O2S/c1-13-8-16-15(10-20(23)24-18(16)9-14(13)2)11-21-12-17(22(3)4)19-6-5-7-25-19/h5-10,17,21H,11-12H2,1-4H3/p+2/t17-/m1/s1. The van der Waals surface area contributed by atoms with Gasteiger partial charge in [0.15, 0.2) is 6.04 Å². The number of benzene rings is 1. The van der Waals surface area contributed by atoms with Crippen LogP contribution in [-0.4, -0.2) is 20.6 Å². The smallest absolute Gasteiger partial charge is 0.336 e. The molecule has 1 aromatic carbocycles. The Kier molecular flexibility index (Phi) is 5.37. The molecule has 0 bridgehead atoms. The molecular weight excluding hydrogens is 332 g/mol. The lowest BCUT2D eigenvalue weighted by atomic mass is 10.0. The summed E-state index contributed by atoms with van der Waals surface area (Å²) in [6.45, 7) is 5.89. The molecule has 2 aromatic heterocycles. The van der Waals surface area contributed by atoms with Gasteiger partial charge in [0.25, 0.3) is 0 Å². The normalized spacial score (nSPS) is 12.8. The Morgan fingerprint density at radius 2 is 1.96 bits per heavy atom. The Balaban J connectivity index is 1.81. The predicted octanol–water partition coefficient (Wildman–Crippen LogP) is 1.42. The maximum absolute atomic E-state index is 11.9. The van der Waals surface area contributed by atoms with Crippen LogP contribution in [0.1, 0.15) is 27.6 Å². The van der Waals surface area contributed by atoms with Gasteiger partial charge in [-0.15, -0.1) is 11.3 Å². The van der Waals surface area contributed by atoms with Gasteiger partial charge in [0.1, 0.15) is 18.7 Å². The van der Waals surface area contributed by atoms with Crippen LogP contribution in [0, 0.1) is 13.8 Å². The Hall–Kier alpha value is -1.95. The van der Waals surface area contributed by atoms with Crippen LogP contribution in [0.2, 0.25) is 0 Å². The van der Waals surface area contributed by atoms with Crippen molar-refractivity contribution >= 4 is 22.3 Å². The van der Waals surface area contributed by atoms with Gasteiger partial charge in [0, 0.05) is 17.0 Å². The second-order valence-corrected chi connectivity index (χ2v) is 7.88. The summed E-state index contributed by atoms with van der Waals surface area (Å²) in [6, 6.07) is 10.5. The number of hydrogen-bond donors (Lipinski definition) is 2. The number of aryl methyl sites for hydroxylation is 2. The topological polar surface area (TPSA) is 51.3 Å². The zero-order chi connectivity index (χ0) is 18.0.